The smallest absolute Gasteiger partial charge is 0.129 e. The molecule has 0 bridgehead atoms. The molecule has 86 valence electrons. The van der Waals surface area contributed by atoms with Crippen molar-refractivity contribution in [3.63, 3.8) is 0 Å². The predicted molar refractivity (Wildman–Crippen MR) is 72.0 cm³/mol. The van der Waals surface area contributed by atoms with Gasteiger partial charge in [-0.1, -0.05) is 28.1 Å². The van der Waals surface area contributed by atoms with Gasteiger partial charge >= 0.3 is 0 Å². The fourth-order valence-corrected chi connectivity index (χ4v) is 1.90. The highest BCUT2D eigenvalue weighted by molar-refractivity contribution is 9.10. The quantitative estimate of drug-likeness (QED) is 0.838. The average Bonchev–Trinajstić information content (AvgIpc) is 2.37. The summed E-state index contributed by atoms with van der Waals surface area (Å²) in [5.74, 6) is 0.988. The van der Waals surface area contributed by atoms with Gasteiger partial charge in [0.1, 0.15) is 5.84 Å². The Hall–Kier alpha value is -0.830. The third kappa shape index (κ3) is 1.88. The molecule has 1 heterocycles. The number of amidine groups is 1. The number of rotatable bonds is 1. The highest BCUT2D eigenvalue weighted by Crippen LogP contribution is 2.31. The minimum Gasteiger partial charge on any atom is -0.363 e. The second-order valence-electron chi connectivity index (χ2n) is 5.28. The first-order valence-corrected chi connectivity index (χ1v) is 6.25. The van der Waals surface area contributed by atoms with Crippen LogP contribution in [0.4, 0.5) is 0 Å². The Labute approximate surface area is 105 Å². The summed E-state index contributed by atoms with van der Waals surface area (Å²) in [7, 11) is 0. The van der Waals surface area contributed by atoms with Gasteiger partial charge in [0.25, 0.3) is 0 Å². The van der Waals surface area contributed by atoms with Gasteiger partial charge in [0, 0.05) is 10.0 Å². The van der Waals surface area contributed by atoms with E-state index in [1.165, 1.54) is 0 Å². The molecule has 1 aliphatic heterocycles. The minimum absolute atomic E-state index is 0.00456. The van der Waals surface area contributed by atoms with Gasteiger partial charge in [-0.25, -0.2) is 0 Å². The molecule has 0 aliphatic carbocycles. The third-order valence-corrected chi connectivity index (χ3v) is 4.00. The van der Waals surface area contributed by atoms with Crippen molar-refractivity contribution in [2.45, 2.75) is 38.8 Å². The Kier molecular flexibility index (Phi) is 2.61. The van der Waals surface area contributed by atoms with Crippen LogP contribution in [0.25, 0.3) is 0 Å². The third-order valence-electron chi connectivity index (χ3n) is 3.47. The van der Waals surface area contributed by atoms with Gasteiger partial charge in [0.15, 0.2) is 0 Å². The minimum atomic E-state index is -0.0740. The number of hydrogen-bond donors (Lipinski definition) is 1. The standard InChI is InChI=1S/C13H17BrN2/c1-12(2)13(3,4)16-11(15-12)9-5-7-10(14)8-6-9/h5-8H,1-4H3,(H,15,16). The van der Waals surface area contributed by atoms with Gasteiger partial charge in [-0.3, -0.25) is 4.99 Å². The lowest BCUT2D eigenvalue weighted by Gasteiger charge is -2.32. The Morgan fingerprint density at radius 1 is 1.06 bits per heavy atom. The molecule has 0 atom stereocenters. The van der Waals surface area contributed by atoms with Crippen LogP contribution in [0.2, 0.25) is 0 Å². The van der Waals surface area contributed by atoms with Crippen LogP contribution in [0, 0.1) is 0 Å². The van der Waals surface area contributed by atoms with E-state index in [0.29, 0.717) is 0 Å². The van der Waals surface area contributed by atoms with Crippen LogP contribution in [0.3, 0.4) is 0 Å². The predicted octanol–water partition coefficient (Wildman–Crippen LogP) is 3.36. The first-order valence-electron chi connectivity index (χ1n) is 5.46. The monoisotopic (exact) mass is 280 g/mol. The van der Waals surface area contributed by atoms with Crippen molar-refractivity contribution in [1.29, 1.82) is 0 Å². The Bertz CT molecular complexity index is 430. The van der Waals surface area contributed by atoms with Gasteiger partial charge < -0.3 is 5.32 Å². The molecule has 1 aromatic carbocycles. The van der Waals surface area contributed by atoms with Crippen molar-refractivity contribution in [3.05, 3.63) is 34.3 Å². The summed E-state index contributed by atoms with van der Waals surface area (Å²) in [6.07, 6.45) is 0. The molecular weight excluding hydrogens is 264 g/mol. The van der Waals surface area contributed by atoms with E-state index in [2.05, 4.69) is 61.1 Å². The van der Waals surface area contributed by atoms with Gasteiger partial charge in [-0.15, -0.1) is 0 Å². The van der Waals surface area contributed by atoms with Crippen LogP contribution in [0.15, 0.2) is 33.7 Å². The van der Waals surface area contributed by atoms with Gasteiger partial charge in [0.2, 0.25) is 0 Å². The van der Waals surface area contributed by atoms with Crippen LogP contribution < -0.4 is 5.32 Å². The number of halogens is 1. The van der Waals surface area contributed by atoms with E-state index >= 15 is 0 Å². The lowest BCUT2D eigenvalue weighted by Crippen LogP contribution is -2.50. The van der Waals surface area contributed by atoms with Crippen LogP contribution in [-0.2, 0) is 0 Å². The first-order chi connectivity index (χ1) is 7.32. The van der Waals surface area contributed by atoms with Crippen molar-refractivity contribution in [2.75, 3.05) is 0 Å². The summed E-state index contributed by atoms with van der Waals surface area (Å²) in [5, 5.41) is 3.49. The van der Waals surface area contributed by atoms with Gasteiger partial charge in [-0.05, 0) is 39.8 Å². The summed E-state index contributed by atoms with van der Waals surface area (Å²) < 4.78 is 1.09. The summed E-state index contributed by atoms with van der Waals surface area (Å²) in [6, 6.07) is 8.23. The topological polar surface area (TPSA) is 24.4 Å². The largest absolute Gasteiger partial charge is 0.363 e. The second-order valence-corrected chi connectivity index (χ2v) is 6.19. The number of nitrogens with one attached hydrogen (secondary N) is 1. The molecule has 0 aromatic heterocycles. The molecule has 1 N–H and O–H groups in total. The van der Waals surface area contributed by atoms with Crippen molar-refractivity contribution >= 4 is 21.8 Å². The van der Waals surface area contributed by atoms with Gasteiger partial charge in [-0.2, -0.15) is 0 Å². The molecule has 0 fully saturated rings. The van der Waals surface area contributed by atoms with E-state index in [9.17, 15) is 0 Å². The van der Waals surface area contributed by atoms with E-state index < -0.39 is 0 Å². The highest BCUT2D eigenvalue weighted by atomic mass is 79.9. The maximum atomic E-state index is 4.76. The van der Waals surface area contributed by atoms with E-state index in [-0.39, 0.29) is 11.1 Å². The second kappa shape index (κ2) is 3.59. The number of benzene rings is 1. The molecule has 0 spiro atoms. The van der Waals surface area contributed by atoms with E-state index in [0.717, 1.165) is 15.9 Å². The van der Waals surface area contributed by atoms with E-state index in [1.807, 2.05) is 12.1 Å². The molecule has 1 aliphatic rings. The maximum absolute atomic E-state index is 4.76. The molecule has 0 amide bonds. The molecule has 0 saturated heterocycles. The van der Waals surface area contributed by atoms with Gasteiger partial charge in [0.05, 0.1) is 11.1 Å². The molecule has 0 radical (unpaired) electrons. The number of nitrogens with zero attached hydrogens (tertiary/aromatic N) is 1. The van der Waals surface area contributed by atoms with Crippen molar-refractivity contribution in [1.82, 2.24) is 5.32 Å². The Morgan fingerprint density at radius 3 is 2.06 bits per heavy atom. The fourth-order valence-electron chi connectivity index (χ4n) is 1.64. The van der Waals surface area contributed by atoms with Crippen LogP contribution in [0.5, 0.6) is 0 Å². The van der Waals surface area contributed by atoms with Crippen molar-refractivity contribution < 1.29 is 0 Å². The zero-order valence-electron chi connectivity index (χ0n) is 10.1. The number of hydrogen-bond acceptors (Lipinski definition) is 2. The Balaban J connectivity index is 2.35. The van der Waals surface area contributed by atoms with Crippen LogP contribution >= 0.6 is 15.9 Å². The molecule has 16 heavy (non-hydrogen) atoms. The molecule has 2 nitrogen and oxygen atoms in total. The fraction of sp³-hybridized carbons (Fsp3) is 0.462. The number of aliphatic imine (C=N–C) groups is 1. The molecule has 0 unspecified atom stereocenters. The van der Waals surface area contributed by atoms with Crippen molar-refractivity contribution in [2.24, 2.45) is 4.99 Å². The SMILES string of the molecule is CC1(C)N=C(c2ccc(Br)cc2)NC1(C)C. The molecule has 2 rings (SSSR count). The molecule has 3 heteroatoms. The summed E-state index contributed by atoms with van der Waals surface area (Å²) >= 11 is 3.44. The average molecular weight is 281 g/mol. The van der Waals surface area contributed by atoms with Crippen LogP contribution in [0.1, 0.15) is 33.3 Å². The molecular formula is C13H17BrN2. The van der Waals surface area contributed by atoms with Crippen LogP contribution in [-0.4, -0.2) is 16.9 Å². The maximum Gasteiger partial charge on any atom is 0.129 e. The lowest BCUT2D eigenvalue weighted by atomic mass is 9.85. The Morgan fingerprint density at radius 2 is 1.62 bits per heavy atom. The molecule has 1 aromatic rings. The first kappa shape index (κ1) is 11.6. The normalized spacial score (nSPS) is 21.4. The van der Waals surface area contributed by atoms with Crippen molar-refractivity contribution in [3.8, 4) is 0 Å². The van der Waals surface area contributed by atoms with E-state index in [1.54, 1.807) is 0 Å². The zero-order chi connectivity index (χ0) is 12.0. The summed E-state index contributed by atoms with van der Waals surface area (Å²) in [4.78, 5) is 4.76. The summed E-state index contributed by atoms with van der Waals surface area (Å²) in [6.45, 7) is 8.68. The summed E-state index contributed by atoms with van der Waals surface area (Å²) in [5.41, 5.74) is 1.06. The molecule has 0 saturated carbocycles. The lowest BCUT2D eigenvalue weighted by molar-refractivity contribution is 0.310. The highest BCUT2D eigenvalue weighted by Gasteiger charge is 2.42. The zero-order valence-corrected chi connectivity index (χ0v) is 11.7. The van der Waals surface area contributed by atoms with E-state index in [4.69, 9.17) is 4.99 Å².